The first-order valence-electron chi connectivity index (χ1n) is 10.2. The number of esters is 2. The van der Waals surface area contributed by atoms with Crippen molar-refractivity contribution in [1.82, 2.24) is 4.90 Å². The van der Waals surface area contributed by atoms with Crippen molar-refractivity contribution in [1.29, 1.82) is 0 Å². The molecule has 1 amide bonds. The number of phenolic OH excluding ortho intramolecular Hbond substituents is 1. The van der Waals surface area contributed by atoms with E-state index < -0.39 is 11.9 Å². The van der Waals surface area contributed by atoms with Crippen molar-refractivity contribution >= 4 is 39.9 Å². The summed E-state index contributed by atoms with van der Waals surface area (Å²) in [5.41, 5.74) is 1.66. The van der Waals surface area contributed by atoms with Crippen LogP contribution >= 0.6 is 11.3 Å². The summed E-state index contributed by atoms with van der Waals surface area (Å²) in [6, 6.07) is 7.13. The molecular weight excluding hydrogens is 434 g/mol. The smallest absolute Gasteiger partial charge is 0.348 e. The van der Waals surface area contributed by atoms with Crippen molar-refractivity contribution in [2.45, 2.75) is 13.3 Å². The maximum absolute atomic E-state index is 12.6. The minimum absolute atomic E-state index is 0.175. The fourth-order valence-electron chi connectivity index (χ4n) is 3.58. The second-order valence-corrected chi connectivity index (χ2v) is 8.41. The molecule has 172 valence electrons. The lowest BCUT2D eigenvalue weighted by Gasteiger charge is -2.36. The summed E-state index contributed by atoms with van der Waals surface area (Å²) in [7, 11) is 2.51. The number of anilines is 2. The average molecular weight is 462 g/mol. The summed E-state index contributed by atoms with van der Waals surface area (Å²) in [6.07, 6.45) is 0.254. The van der Waals surface area contributed by atoms with Gasteiger partial charge in [0.15, 0.2) is 0 Å². The second kappa shape index (κ2) is 10.5. The minimum Gasteiger partial charge on any atom is -0.508 e. The topological polar surface area (TPSA) is 108 Å². The Morgan fingerprint density at radius 2 is 1.66 bits per heavy atom. The number of thiophene rings is 1. The molecule has 2 heterocycles. The molecule has 1 aliphatic rings. The zero-order valence-electron chi connectivity index (χ0n) is 18.3. The van der Waals surface area contributed by atoms with Crippen molar-refractivity contribution in [2.75, 3.05) is 57.2 Å². The van der Waals surface area contributed by atoms with E-state index in [1.165, 1.54) is 14.2 Å². The third kappa shape index (κ3) is 5.38. The number of hydrogen-bond donors (Lipinski definition) is 2. The van der Waals surface area contributed by atoms with Crippen LogP contribution in [0.15, 0.2) is 24.3 Å². The Balaban J connectivity index is 1.56. The molecule has 0 atom stereocenters. The van der Waals surface area contributed by atoms with Crippen LogP contribution in [0.2, 0.25) is 0 Å². The van der Waals surface area contributed by atoms with E-state index >= 15 is 0 Å². The molecule has 2 aromatic rings. The van der Waals surface area contributed by atoms with Gasteiger partial charge in [0.25, 0.3) is 0 Å². The van der Waals surface area contributed by atoms with Gasteiger partial charge in [-0.1, -0.05) is 0 Å². The molecule has 0 bridgehead atoms. The Hall–Kier alpha value is -3.11. The third-order valence-electron chi connectivity index (χ3n) is 5.40. The molecule has 9 nitrogen and oxygen atoms in total. The quantitative estimate of drug-likeness (QED) is 0.606. The molecule has 1 aromatic heterocycles. The highest BCUT2D eigenvalue weighted by molar-refractivity contribution is 7.18. The van der Waals surface area contributed by atoms with Gasteiger partial charge in [0.2, 0.25) is 5.91 Å². The molecule has 0 spiro atoms. The Kier molecular flexibility index (Phi) is 7.70. The molecule has 0 aliphatic carbocycles. The average Bonchev–Trinajstić information content (AvgIpc) is 3.13. The van der Waals surface area contributed by atoms with E-state index in [0.717, 1.165) is 43.2 Å². The second-order valence-electron chi connectivity index (χ2n) is 7.39. The first-order valence-corrected chi connectivity index (χ1v) is 11.0. The largest absolute Gasteiger partial charge is 0.508 e. The number of carbonyl (C=O) groups excluding carboxylic acids is 3. The lowest BCUT2D eigenvalue weighted by molar-refractivity contribution is -0.116. The van der Waals surface area contributed by atoms with E-state index in [0.29, 0.717) is 12.1 Å². The van der Waals surface area contributed by atoms with Crippen LogP contribution < -0.4 is 10.2 Å². The standard InChI is InChI=1S/C22H27N3O6S/c1-14-18(21(28)30-2)20(32-19(14)22(29)31-3)23-17(27)8-9-24-10-12-25(13-11-24)15-4-6-16(26)7-5-15/h4-7,26H,8-13H2,1-3H3,(H,23,27). The van der Waals surface area contributed by atoms with Crippen LogP contribution in [0.3, 0.4) is 0 Å². The van der Waals surface area contributed by atoms with Crippen LogP contribution in [0.4, 0.5) is 10.7 Å². The van der Waals surface area contributed by atoms with Gasteiger partial charge in [0.05, 0.1) is 19.8 Å². The predicted molar refractivity (Wildman–Crippen MR) is 122 cm³/mol. The van der Waals surface area contributed by atoms with Crippen molar-refractivity contribution in [3.05, 3.63) is 40.3 Å². The van der Waals surface area contributed by atoms with E-state index in [1.54, 1.807) is 19.1 Å². The van der Waals surface area contributed by atoms with Crippen molar-refractivity contribution < 1.29 is 29.0 Å². The highest BCUT2D eigenvalue weighted by Crippen LogP contribution is 2.34. The van der Waals surface area contributed by atoms with E-state index in [-0.39, 0.29) is 33.5 Å². The summed E-state index contributed by atoms with van der Waals surface area (Å²) in [5, 5.41) is 12.5. The fraction of sp³-hybridized carbons (Fsp3) is 0.409. The summed E-state index contributed by atoms with van der Waals surface area (Å²) in [5.74, 6) is -1.18. The Bertz CT molecular complexity index is 980. The number of rotatable bonds is 7. The highest BCUT2D eigenvalue weighted by atomic mass is 32.1. The summed E-state index contributed by atoms with van der Waals surface area (Å²) in [6.45, 7) is 5.48. The minimum atomic E-state index is -0.616. The number of benzene rings is 1. The van der Waals surface area contributed by atoms with Gasteiger partial charge >= 0.3 is 11.9 Å². The monoisotopic (exact) mass is 461 g/mol. The van der Waals surface area contributed by atoms with E-state index in [1.807, 2.05) is 12.1 Å². The molecule has 3 rings (SSSR count). The summed E-state index contributed by atoms with van der Waals surface area (Å²) < 4.78 is 9.57. The van der Waals surface area contributed by atoms with Gasteiger partial charge in [-0.25, -0.2) is 9.59 Å². The number of nitrogens with zero attached hydrogens (tertiary/aromatic N) is 2. The molecule has 0 saturated carbocycles. The fourth-order valence-corrected chi connectivity index (χ4v) is 4.71. The number of nitrogens with one attached hydrogen (secondary N) is 1. The molecule has 1 aromatic carbocycles. The van der Waals surface area contributed by atoms with Gasteiger partial charge in [0.1, 0.15) is 15.6 Å². The lowest BCUT2D eigenvalue weighted by Crippen LogP contribution is -2.47. The summed E-state index contributed by atoms with van der Waals surface area (Å²) in [4.78, 5) is 41.4. The molecule has 0 unspecified atom stereocenters. The predicted octanol–water partition coefficient (Wildman–Crippen LogP) is 2.49. The number of ether oxygens (including phenoxy) is 2. The van der Waals surface area contributed by atoms with Crippen LogP contribution in [0.25, 0.3) is 0 Å². The van der Waals surface area contributed by atoms with Gasteiger partial charge < -0.3 is 24.8 Å². The number of phenols is 1. The highest BCUT2D eigenvalue weighted by Gasteiger charge is 2.27. The van der Waals surface area contributed by atoms with Gasteiger partial charge in [-0.2, -0.15) is 0 Å². The lowest BCUT2D eigenvalue weighted by atomic mass is 10.1. The maximum Gasteiger partial charge on any atom is 0.348 e. The molecular formula is C22H27N3O6S. The maximum atomic E-state index is 12.6. The first-order chi connectivity index (χ1) is 15.3. The summed E-state index contributed by atoms with van der Waals surface area (Å²) >= 11 is 1.01. The van der Waals surface area contributed by atoms with Crippen LogP contribution in [-0.4, -0.2) is 74.8 Å². The van der Waals surface area contributed by atoms with Crippen molar-refractivity contribution in [3.8, 4) is 5.75 Å². The SMILES string of the molecule is COC(=O)c1sc(NC(=O)CCN2CCN(c3ccc(O)cc3)CC2)c(C(=O)OC)c1C. The van der Waals surface area contributed by atoms with Gasteiger partial charge in [-0.3, -0.25) is 9.69 Å². The van der Waals surface area contributed by atoms with Crippen molar-refractivity contribution in [2.24, 2.45) is 0 Å². The Morgan fingerprint density at radius 1 is 1.03 bits per heavy atom. The molecule has 1 fully saturated rings. The van der Waals surface area contributed by atoms with Crippen LogP contribution in [0.5, 0.6) is 5.75 Å². The van der Waals surface area contributed by atoms with Gasteiger partial charge in [-0.05, 0) is 36.8 Å². The molecule has 10 heteroatoms. The van der Waals surface area contributed by atoms with Gasteiger partial charge in [-0.15, -0.1) is 11.3 Å². The van der Waals surface area contributed by atoms with Crippen LogP contribution in [-0.2, 0) is 14.3 Å². The van der Waals surface area contributed by atoms with E-state index in [2.05, 4.69) is 15.1 Å². The number of carbonyl (C=O) groups is 3. The van der Waals surface area contributed by atoms with Gasteiger partial charge in [0, 0.05) is 44.8 Å². The molecule has 1 saturated heterocycles. The van der Waals surface area contributed by atoms with Crippen molar-refractivity contribution in [3.63, 3.8) is 0 Å². The molecule has 0 radical (unpaired) electrons. The number of hydrogen-bond acceptors (Lipinski definition) is 9. The van der Waals surface area contributed by atoms with Crippen LogP contribution in [0, 0.1) is 6.92 Å². The number of amides is 1. The zero-order chi connectivity index (χ0) is 23.3. The van der Waals surface area contributed by atoms with Crippen LogP contribution in [0.1, 0.15) is 32.0 Å². The Labute approximate surface area is 190 Å². The zero-order valence-corrected chi connectivity index (χ0v) is 19.2. The molecule has 32 heavy (non-hydrogen) atoms. The molecule has 2 N–H and O–H groups in total. The third-order valence-corrected chi connectivity index (χ3v) is 6.59. The Morgan fingerprint density at radius 3 is 2.25 bits per heavy atom. The van der Waals surface area contributed by atoms with E-state index in [4.69, 9.17) is 9.47 Å². The molecule has 1 aliphatic heterocycles. The number of aromatic hydroxyl groups is 1. The number of methoxy groups -OCH3 is 2. The number of piperazine rings is 1. The van der Waals surface area contributed by atoms with E-state index in [9.17, 15) is 19.5 Å². The normalized spacial score (nSPS) is 14.2. The first kappa shape index (κ1) is 23.6.